The van der Waals surface area contributed by atoms with Crippen LogP contribution in [0.5, 0.6) is 0 Å². The second kappa shape index (κ2) is 14.4. The molecule has 8 aromatic heterocycles. The van der Waals surface area contributed by atoms with Crippen molar-refractivity contribution in [3.05, 3.63) is 159 Å². The van der Waals surface area contributed by atoms with Crippen LogP contribution in [0.2, 0.25) is 0 Å². The molecule has 0 saturated heterocycles. The lowest BCUT2D eigenvalue weighted by molar-refractivity contribution is 1.13. The maximum atomic E-state index is 5.00. The van der Waals surface area contributed by atoms with Gasteiger partial charge in [-0.15, -0.1) is 0 Å². The lowest BCUT2D eigenvalue weighted by Crippen LogP contribution is -2.03. The summed E-state index contributed by atoms with van der Waals surface area (Å²) in [5.74, 6) is 0. The molecule has 0 atom stereocenters. The van der Waals surface area contributed by atoms with E-state index in [1.54, 1.807) is 49.6 Å². The Labute approximate surface area is 276 Å². The number of hydrogen-bond acceptors (Lipinski definition) is 10. The van der Waals surface area contributed by atoms with Gasteiger partial charge in [0.25, 0.3) is 0 Å². The molecule has 0 amide bonds. The van der Waals surface area contributed by atoms with E-state index in [9.17, 15) is 0 Å². The summed E-state index contributed by atoms with van der Waals surface area (Å²) in [5, 5.41) is 0. The largest absolute Gasteiger partial charge is 0.260 e. The van der Waals surface area contributed by atoms with Crippen molar-refractivity contribution in [3.63, 3.8) is 0 Å². The van der Waals surface area contributed by atoms with Gasteiger partial charge in [-0.25, -0.2) is 15.0 Å². The molecule has 10 nitrogen and oxygen atoms in total. The maximum absolute atomic E-state index is 5.00. The van der Waals surface area contributed by atoms with Crippen LogP contribution in [0.25, 0.3) is 68.3 Å². The topological polar surface area (TPSA) is 129 Å². The minimum Gasteiger partial charge on any atom is -0.260 e. The highest BCUT2D eigenvalue weighted by Gasteiger charge is 2.21. The van der Waals surface area contributed by atoms with Gasteiger partial charge in [0.2, 0.25) is 0 Å². The standard InChI is InChI=1S/C24H16N6.C14H10N4/c1-5-13-25-17(9-1)21-22(18-10-2-6-14-26-18)30-24(20-12-4-8-16-28-20)23(29-21)19-11-3-7-15-27-19;1-3-7-16-11(5-1)13-9-15-10-14(18-13)12-6-2-4-8-17-12/h1-16H;1-10H. The Kier molecular flexibility index (Phi) is 8.95. The smallest absolute Gasteiger partial charge is 0.117 e. The molecule has 0 spiro atoms. The summed E-state index contributed by atoms with van der Waals surface area (Å²) < 4.78 is 0. The van der Waals surface area contributed by atoms with Crippen molar-refractivity contribution in [2.45, 2.75) is 0 Å². The Hall–Kier alpha value is -6.94. The van der Waals surface area contributed by atoms with Gasteiger partial charge in [0, 0.05) is 37.2 Å². The fourth-order valence-electron chi connectivity index (χ4n) is 4.80. The summed E-state index contributed by atoms with van der Waals surface area (Å²) >= 11 is 0. The molecule has 0 unspecified atom stereocenters. The van der Waals surface area contributed by atoms with Crippen molar-refractivity contribution in [1.29, 1.82) is 0 Å². The van der Waals surface area contributed by atoms with Gasteiger partial charge < -0.3 is 0 Å². The lowest BCUT2D eigenvalue weighted by atomic mass is 10.1. The first-order valence-electron chi connectivity index (χ1n) is 15.1. The van der Waals surface area contributed by atoms with Crippen LogP contribution < -0.4 is 0 Å². The highest BCUT2D eigenvalue weighted by Crippen LogP contribution is 2.34. The predicted octanol–water partition coefficient (Wildman–Crippen LogP) is 7.33. The second-order valence-corrected chi connectivity index (χ2v) is 10.2. The van der Waals surface area contributed by atoms with E-state index in [-0.39, 0.29) is 0 Å². The molecule has 0 N–H and O–H groups in total. The van der Waals surface area contributed by atoms with Gasteiger partial charge in [-0.05, 0) is 72.8 Å². The van der Waals surface area contributed by atoms with Crippen molar-refractivity contribution < 1.29 is 0 Å². The zero-order chi connectivity index (χ0) is 32.4. The van der Waals surface area contributed by atoms with Crippen LogP contribution in [0.1, 0.15) is 0 Å². The summed E-state index contributed by atoms with van der Waals surface area (Å²) in [7, 11) is 0. The van der Waals surface area contributed by atoms with Gasteiger partial charge in [0.1, 0.15) is 34.2 Å². The molecule has 48 heavy (non-hydrogen) atoms. The van der Waals surface area contributed by atoms with Crippen LogP contribution in [0, 0.1) is 0 Å². The monoisotopic (exact) mass is 622 g/mol. The Morgan fingerprint density at radius 3 is 0.771 bits per heavy atom. The lowest BCUT2D eigenvalue weighted by Gasteiger charge is -2.14. The molecule has 0 aliphatic heterocycles. The quantitative estimate of drug-likeness (QED) is 0.186. The van der Waals surface area contributed by atoms with E-state index in [0.717, 1.165) is 45.6 Å². The van der Waals surface area contributed by atoms with Gasteiger partial charge in [-0.1, -0.05) is 36.4 Å². The van der Waals surface area contributed by atoms with Crippen molar-refractivity contribution in [3.8, 4) is 68.3 Å². The van der Waals surface area contributed by atoms with Gasteiger partial charge in [-0.2, -0.15) is 0 Å². The summed E-state index contributed by atoms with van der Waals surface area (Å²) in [6.45, 7) is 0. The Morgan fingerprint density at radius 1 is 0.250 bits per heavy atom. The zero-order valence-corrected chi connectivity index (χ0v) is 25.5. The van der Waals surface area contributed by atoms with Crippen molar-refractivity contribution in [2.24, 2.45) is 0 Å². The van der Waals surface area contributed by atoms with Gasteiger partial charge in [0.15, 0.2) is 0 Å². The van der Waals surface area contributed by atoms with Crippen LogP contribution in [0.4, 0.5) is 0 Å². The van der Waals surface area contributed by atoms with Crippen LogP contribution >= 0.6 is 0 Å². The molecule has 0 aliphatic rings. The minimum absolute atomic E-state index is 0.648. The normalized spacial score (nSPS) is 10.5. The highest BCUT2D eigenvalue weighted by molar-refractivity contribution is 5.82. The summed E-state index contributed by atoms with van der Waals surface area (Å²) in [6, 6.07) is 34.3. The molecular formula is C38H26N10. The van der Waals surface area contributed by atoms with Gasteiger partial charge in [0.05, 0.1) is 46.6 Å². The third-order valence-electron chi connectivity index (χ3n) is 7.02. The molecule has 228 valence electrons. The molecular weight excluding hydrogens is 596 g/mol. The third kappa shape index (κ3) is 6.82. The van der Waals surface area contributed by atoms with E-state index in [1.807, 2.05) is 109 Å². The molecule has 0 radical (unpaired) electrons. The molecule has 0 aromatic carbocycles. The fourth-order valence-corrected chi connectivity index (χ4v) is 4.80. The number of hydrogen-bond donors (Lipinski definition) is 0. The number of rotatable bonds is 6. The SMILES string of the molecule is c1ccc(-c2cncc(-c3ccccn3)n2)nc1.c1ccc(-c2nc(-c3ccccn3)c(-c3ccccn3)nc2-c2ccccn2)nc1. The van der Waals surface area contributed by atoms with E-state index in [0.29, 0.717) is 22.8 Å². The van der Waals surface area contributed by atoms with Crippen LogP contribution in [-0.2, 0) is 0 Å². The van der Waals surface area contributed by atoms with Crippen molar-refractivity contribution >= 4 is 0 Å². The highest BCUT2D eigenvalue weighted by atomic mass is 14.9. The molecule has 0 saturated carbocycles. The van der Waals surface area contributed by atoms with Gasteiger partial charge >= 0.3 is 0 Å². The van der Waals surface area contributed by atoms with Crippen LogP contribution in [0.3, 0.4) is 0 Å². The van der Waals surface area contributed by atoms with Crippen LogP contribution in [-0.4, -0.2) is 49.8 Å². The number of nitrogens with zero attached hydrogens (tertiary/aromatic N) is 10. The minimum atomic E-state index is 0.648. The third-order valence-corrected chi connectivity index (χ3v) is 7.02. The first-order valence-corrected chi connectivity index (χ1v) is 15.1. The predicted molar refractivity (Wildman–Crippen MR) is 183 cm³/mol. The summed E-state index contributed by atoms with van der Waals surface area (Å²) in [4.78, 5) is 45.3. The summed E-state index contributed by atoms with van der Waals surface area (Å²) in [6.07, 6.45) is 13.9. The number of pyridine rings is 6. The Bertz CT molecular complexity index is 1950. The summed E-state index contributed by atoms with van der Waals surface area (Å²) in [5.41, 5.74) is 8.58. The first kappa shape index (κ1) is 29.8. The van der Waals surface area contributed by atoms with E-state index in [2.05, 4.69) is 39.9 Å². The zero-order valence-electron chi connectivity index (χ0n) is 25.5. The molecule has 10 heteroatoms. The number of aromatic nitrogens is 10. The van der Waals surface area contributed by atoms with Crippen LogP contribution in [0.15, 0.2) is 159 Å². The van der Waals surface area contributed by atoms with E-state index >= 15 is 0 Å². The van der Waals surface area contributed by atoms with E-state index in [4.69, 9.17) is 9.97 Å². The van der Waals surface area contributed by atoms with E-state index in [1.165, 1.54) is 0 Å². The average molecular weight is 623 g/mol. The Balaban J connectivity index is 0.000000172. The Morgan fingerprint density at radius 2 is 0.521 bits per heavy atom. The first-order chi connectivity index (χ1) is 23.8. The van der Waals surface area contributed by atoms with E-state index < -0.39 is 0 Å². The molecule has 8 aromatic rings. The average Bonchev–Trinajstić information content (AvgIpc) is 3.20. The molecule has 0 fully saturated rings. The van der Waals surface area contributed by atoms with Crippen molar-refractivity contribution in [1.82, 2.24) is 49.8 Å². The molecule has 0 bridgehead atoms. The van der Waals surface area contributed by atoms with Gasteiger partial charge in [-0.3, -0.25) is 34.9 Å². The maximum Gasteiger partial charge on any atom is 0.117 e. The molecule has 0 aliphatic carbocycles. The van der Waals surface area contributed by atoms with Crippen molar-refractivity contribution in [2.75, 3.05) is 0 Å². The molecule has 8 heterocycles. The fraction of sp³-hybridized carbons (Fsp3) is 0. The molecule has 8 rings (SSSR count). The second-order valence-electron chi connectivity index (χ2n) is 10.2.